The molecule has 1 saturated heterocycles. The van der Waals surface area contributed by atoms with Crippen LogP contribution in [0.3, 0.4) is 0 Å². The summed E-state index contributed by atoms with van der Waals surface area (Å²) < 4.78 is 0. The van der Waals surface area contributed by atoms with Gasteiger partial charge in [-0.25, -0.2) is 19.9 Å². The standard InChI is InChI=1S/C23H26N6OS/c1-16-4-3-9-24-23(16)28-21-13-20(25-15-26-21)12-18-7-10-29(11-8-18)22(30)6-5-19-14-31-17(2)27-19/h3-6,9,13-15,18H,7-8,10-12H2,1-2H3,(H,24,25,26,28)/b6-5+. The number of likely N-dealkylation sites (tertiary alicyclic amines) is 1. The van der Waals surface area contributed by atoms with Gasteiger partial charge < -0.3 is 10.2 Å². The molecule has 0 atom stereocenters. The first-order valence-corrected chi connectivity index (χ1v) is 11.3. The Labute approximate surface area is 186 Å². The largest absolute Gasteiger partial charge is 0.339 e. The Bertz CT molecular complexity index is 1070. The lowest BCUT2D eigenvalue weighted by Gasteiger charge is -2.31. The van der Waals surface area contributed by atoms with Gasteiger partial charge in [-0.05, 0) is 56.7 Å². The molecule has 1 fully saturated rings. The number of amides is 1. The zero-order valence-electron chi connectivity index (χ0n) is 17.8. The number of aromatic nitrogens is 4. The smallest absolute Gasteiger partial charge is 0.246 e. The first-order valence-electron chi connectivity index (χ1n) is 10.5. The number of piperidine rings is 1. The maximum atomic E-state index is 12.5. The molecule has 3 aromatic heterocycles. The fourth-order valence-corrected chi connectivity index (χ4v) is 4.27. The van der Waals surface area contributed by atoms with E-state index in [1.165, 1.54) is 0 Å². The highest BCUT2D eigenvalue weighted by Gasteiger charge is 2.22. The molecular weight excluding hydrogens is 408 g/mol. The number of pyridine rings is 1. The van der Waals surface area contributed by atoms with Crippen LogP contribution < -0.4 is 5.32 Å². The summed E-state index contributed by atoms with van der Waals surface area (Å²) in [6, 6.07) is 5.92. The number of nitrogens with zero attached hydrogens (tertiary/aromatic N) is 5. The minimum absolute atomic E-state index is 0.0587. The third-order valence-corrected chi connectivity index (χ3v) is 6.23. The minimum atomic E-state index is 0.0587. The van der Waals surface area contributed by atoms with Crippen molar-refractivity contribution in [1.29, 1.82) is 0 Å². The summed E-state index contributed by atoms with van der Waals surface area (Å²) in [6.07, 6.45) is 9.63. The predicted molar refractivity (Wildman–Crippen MR) is 123 cm³/mol. The summed E-state index contributed by atoms with van der Waals surface area (Å²) in [6.45, 7) is 5.52. The van der Waals surface area contributed by atoms with Gasteiger partial charge in [0, 0.05) is 42.5 Å². The van der Waals surface area contributed by atoms with Gasteiger partial charge in [0.25, 0.3) is 0 Å². The van der Waals surface area contributed by atoms with E-state index in [1.54, 1.807) is 36.0 Å². The van der Waals surface area contributed by atoms with Gasteiger partial charge in [0.05, 0.1) is 10.7 Å². The van der Waals surface area contributed by atoms with Gasteiger partial charge in [0.1, 0.15) is 18.0 Å². The van der Waals surface area contributed by atoms with Crippen molar-refractivity contribution in [3.8, 4) is 0 Å². The third kappa shape index (κ3) is 5.73. The van der Waals surface area contributed by atoms with E-state index in [1.807, 2.05) is 42.3 Å². The van der Waals surface area contributed by atoms with Crippen LogP contribution in [-0.4, -0.2) is 43.8 Å². The third-order valence-electron chi connectivity index (χ3n) is 5.44. The average molecular weight is 435 g/mol. The fraction of sp³-hybridized carbons (Fsp3) is 0.348. The molecule has 0 radical (unpaired) electrons. The van der Waals surface area contributed by atoms with E-state index in [0.29, 0.717) is 5.92 Å². The SMILES string of the molecule is Cc1nc(/C=C/C(=O)N2CCC(Cc3cc(Nc4ncccc4C)ncn3)CC2)cs1. The topological polar surface area (TPSA) is 83.9 Å². The van der Waals surface area contributed by atoms with Crippen LogP contribution in [0, 0.1) is 19.8 Å². The van der Waals surface area contributed by atoms with Crippen LogP contribution >= 0.6 is 11.3 Å². The second-order valence-electron chi connectivity index (χ2n) is 7.79. The van der Waals surface area contributed by atoms with Gasteiger partial charge in [0.2, 0.25) is 5.91 Å². The predicted octanol–water partition coefficient (Wildman–Crippen LogP) is 4.18. The summed E-state index contributed by atoms with van der Waals surface area (Å²) >= 11 is 1.59. The number of anilines is 2. The Morgan fingerprint density at radius 1 is 1.26 bits per heavy atom. The van der Waals surface area contributed by atoms with E-state index in [9.17, 15) is 4.79 Å². The Morgan fingerprint density at radius 2 is 2.10 bits per heavy atom. The van der Waals surface area contributed by atoms with E-state index in [0.717, 1.165) is 65.9 Å². The quantitative estimate of drug-likeness (QED) is 0.586. The highest BCUT2D eigenvalue weighted by molar-refractivity contribution is 7.09. The van der Waals surface area contributed by atoms with Crippen LogP contribution in [0.4, 0.5) is 11.6 Å². The van der Waals surface area contributed by atoms with Crippen LogP contribution in [-0.2, 0) is 11.2 Å². The zero-order valence-corrected chi connectivity index (χ0v) is 18.6. The highest BCUT2D eigenvalue weighted by atomic mass is 32.1. The Morgan fingerprint density at radius 3 is 2.84 bits per heavy atom. The average Bonchev–Trinajstić information content (AvgIpc) is 3.20. The lowest BCUT2D eigenvalue weighted by molar-refractivity contribution is -0.127. The van der Waals surface area contributed by atoms with Crippen LogP contribution in [0.1, 0.15) is 34.8 Å². The molecule has 0 unspecified atom stereocenters. The molecular formula is C23H26N6OS. The molecule has 4 heterocycles. The molecule has 1 N–H and O–H groups in total. The Balaban J connectivity index is 1.29. The lowest BCUT2D eigenvalue weighted by Crippen LogP contribution is -2.38. The maximum absolute atomic E-state index is 12.5. The molecule has 0 aliphatic carbocycles. The molecule has 0 spiro atoms. The van der Waals surface area contributed by atoms with Gasteiger partial charge in [-0.2, -0.15) is 0 Å². The number of aryl methyl sites for hydroxylation is 2. The van der Waals surface area contributed by atoms with Crippen LogP contribution in [0.25, 0.3) is 6.08 Å². The van der Waals surface area contributed by atoms with Gasteiger partial charge in [0.15, 0.2) is 0 Å². The molecule has 0 bridgehead atoms. The van der Waals surface area contributed by atoms with E-state index in [-0.39, 0.29) is 5.91 Å². The number of nitrogens with one attached hydrogen (secondary N) is 1. The van der Waals surface area contributed by atoms with E-state index >= 15 is 0 Å². The maximum Gasteiger partial charge on any atom is 0.246 e. The summed E-state index contributed by atoms with van der Waals surface area (Å²) in [5.74, 6) is 2.12. The van der Waals surface area contributed by atoms with E-state index < -0.39 is 0 Å². The molecule has 0 saturated carbocycles. The molecule has 3 aromatic rings. The number of rotatable bonds is 6. The molecule has 4 rings (SSSR count). The Hall–Kier alpha value is -3.13. The Kier molecular flexibility index (Phi) is 6.66. The van der Waals surface area contributed by atoms with Gasteiger partial charge >= 0.3 is 0 Å². The summed E-state index contributed by atoms with van der Waals surface area (Å²) in [4.78, 5) is 31.9. The second kappa shape index (κ2) is 9.78. The van der Waals surface area contributed by atoms with Gasteiger partial charge in [-0.3, -0.25) is 4.79 Å². The lowest BCUT2D eigenvalue weighted by atomic mass is 9.92. The van der Waals surface area contributed by atoms with Crippen molar-refractivity contribution in [2.24, 2.45) is 5.92 Å². The normalized spacial score (nSPS) is 14.8. The van der Waals surface area contributed by atoms with Crippen LogP contribution in [0.2, 0.25) is 0 Å². The number of hydrogen-bond acceptors (Lipinski definition) is 7. The molecule has 31 heavy (non-hydrogen) atoms. The summed E-state index contributed by atoms with van der Waals surface area (Å²) in [5.41, 5.74) is 2.92. The molecule has 7 nitrogen and oxygen atoms in total. The zero-order chi connectivity index (χ0) is 21.6. The van der Waals surface area contributed by atoms with Crippen molar-refractivity contribution in [2.45, 2.75) is 33.1 Å². The van der Waals surface area contributed by atoms with Crippen molar-refractivity contribution >= 4 is 35.0 Å². The monoisotopic (exact) mass is 434 g/mol. The molecule has 1 aliphatic heterocycles. The molecule has 8 heteroatoms. The van der Waals surface area contributed by atoms with Gasteiger partial charge in [-0.15, -0.1) is 11.3 Å². The van der Waals surface area contributed by atoms with Crippen molar-refractivity contribution in [3.63, 3.8) is 0 Å². The molecule has 1 aliphatic rings. The molecule has 1 amide bonds. The molecule has 0 aromatic carbocycles. The van der Waals surface area contributed by atoms with Crippen molar-refractivity contribution in [3.05, 3.63) is 64.1 Å². The van der Waals surface area contributed by atoms with Crippen molar-refractivity contribution in [1.82, 2.24) is 24.8 Å². The number of carbonyl (C=O) groups excluding carboxylic acids is 1. The summed E-state index contributed by atoms with van der Waals surface area (Å²) in [5, 5.41) is 6.24. The first-order chi connectivity index (χ1) is 15.1. The van der Waals surface area contributed by atoms with E-state index in [2.05, 4.69) is 25.3 Å². The first kappa shape index (κ1) is 21.1. The highest BCUT2D eigenvalue weighted by Crippen LogP contribution is 2.23. The summed E-state index contributed by atoms with van der Waals surface area (Å²) in [7, 11) is 0. The van der Waals surface area contributed by atoms with Gasteiger partial charge in [-0.1, -0.05) is 6.07 Å². The fourth-order valence-electron chi connectivity index (χ4n) is 3.69. The van der Waals surface area contributed by atoms with Crippen LogP contribution in [0.15, 0.2) is 42.2 Å². The van der Waals surface area contributed by atoms with Crippen LogP contribution in [0.5, 0.6) is 0 Å². The van der Waals surface area contributed by atoms with Crippen molar-refractivity contribution in [2.75, 3.05) is 18.4 Å². The number of hydrogen-bond donors (Lipinski definition) is 1. The second-order valence-corrected chi connectivity index (χ2v) is 8.85. The number of carbonyl (C=O) groups is 1. The minimum Gasteiger partial charge on any atom is -0.339 e. The van der Waals surface area contributed by atoms with Crippen molar-refractivity contribution < 1.29 is 4.79 Å². The molecule has 160 valence electrons. The number of thiazole rings is 1. The van der Waals surface area contributed by atoms with E-state index in [4.69, 9.17) is 0 Å².